The number of hydrogen-bond acceptors (Lipinski definition) is 13. The Labute approximate surface area is 592 Å². The van der Waals surface area contributed by atoms with Gasteiger partial charge in [0.2, 0.25) is 11.8 Å². The maximum atomic E-state index is 13.1. The number of nitrogens with two attached hydrogens (primary N) is 2. The van der Waals surface area contributed by atoms with Gasteiger partial charge in [-0.05, 0) is 116 Å². The number of piperidine rings is 3. The van der Waals surface area contributed by atoms with Crippen molar-refractivity contribution in [2.45, 2.75) is 146 Å². The number of aromatic nitrogens is 6. The number of ether oxygens (including phenoxy) is 4. The second kappa shape index (κ2) is 33.0. The lowest BCUT2D eigenvalue weighted by molar-refractivity contribution is -0.136. The quantitative estimate of drug-likeness (QED) is 0.0619. The summed E-state index contributed by atoms with van der Waals surface area (Å²) in [6.45, 7) is 13.7. The van der Waals surface area contributed by atoms with Gasteiger partial charge in [0, 0.05) is 113 Å². The van der Waals surface area contributed by atoms with Crippen molar-refractivity contribution in [2.24, 2.45) is 43.5 Å². The summed E-state index contributed by atoms with van der Waals surface area (Å²) in [6, 6.07) is 21.7. The minimum atomic E-state index is -0.709. The fourth-order valence-corrected chi connectivity index (χ4v) is 14.0. The predicted molar refractivity (Wildman–Crippen MR) is 377 cm³/mol. The molecule has 3 saturated heterocycles. The molecule has 6 N–H and O–H groups in total. The molecule has 6 heterocycles. The molecule has 28 heteroatoms. The van der Waals surface area contributed by atoms with Gasteiger partial charge >= 0.3 is 12.2 Å². The average molecular weight is 1450 g/mol. The Morgan fingerprint density at radius 1 is 0.573 bits per heavy atom. The third kappa shape index (κ3) is 19.1. The number of amides is 4. The molecule has 522 valence electrons. The number of aryl methyl sites for hydroxylation is 3. The van der Waals surface area contributed by atoms with Gasteiger partial charge in [0.25, 0.3) is 0 Å². The van der Waals surface area contributed by atoms with Gasteiger partial charge < -0.3 is 55.5 Å². The van der Waals surface area contributed by atoms with Crippen LogP contribution < -0.4 is 16.8 Å². The van der Waals surface area contributed by atoms with E-state index < -0.39 is 29.4 Å². The zero-order valence-electron chi connectivity index (χ0n) is 56.3. The summed E-state index contributed by atoms with van der Waals surface area (Å²) in [7, 11) is 8.94. The van der Waals surface area contributed by atoms with E-state index in [2.05, 4.69) is 25.6 Å². The number of nitrogens with zero attached hydrogens (tertiary/aromatic N) is 10. The first-order valence-corrected chi connectivity index (χ1v) is 34.4. The Balaban J connectivity index is 0.000000188. The van der Waals surface area contributed by atoms with Crippen molar-refractivity contribution in [3.63, 3.8) is 0 Å². The van der Waals surface area contributed by atoms with Crippen LogP contribution in [-0.4, -0.2) is 175 Å². The van der Waals surface area contributed by atoms with Crippen LogP contribution >= 0.6 is 69.6 Å². The Morgan fingerprint density at radius 2 is 0.948 bits per heavy atom. The Kier molecular flexibility index (Phi) is 25.9. The van der Waals surface area contributed by atoms with Crippen LogP contribution in [0.3, 0.4) is 0 Å². The molecule has 96 heavy (non-hydrogen) atoms. The van der Waals surface area contributed by atoms with Crippen molar-refractivity contribution in [2.75, 3.05) is 60.0 Å². The van der Waals surface area contributed by atoms with Gasteiger partial charge in [0.15, 0.2) is 5.96 Å². The van der Waals surface area contributed by atoms with Crippen molar-refractivity contribution in [1.29, 1.82) is 0 Å². The molecule has 0 radical (unpaired) electrons. The molecule has 3 aromatic carbocycles. The molecule has 4 amide bonds. The molecule has 6 unspecified atom stereocenters. The van der Waals surface area contributed by atoms with Crippen LogP contribution in [0.2, 0.25) is 30.1 Å². The third-order valence-electron chi connectivity index (χ3n) is 17.6. The van der Waals surface area contributed by atoms with Gasteiger partial charge in [0.05, 0.1) is 85.2 Å². The topological polar surface area (TPSA) is 265 Å². The summed E-state index contributed by atoms with van der Waals surface area (Å²) in [5.41, 5.74) is 17.5. The van der Waals surface area contributed by atoms with E-state index in [1.54, 1.807) is 51.8 Å². The summed E-state index contributed by atoms with van der Waals surface area (Å²) in [4.78, 5) is 60.0. The monoisotopic (exact) mass is 1440 g/mol. The van der Waals surface area contributed by atoms with Crippen molar-refractivity contribution in [1.82, 2.24) is 49.4 Å². The maximum absolute atomic E-state index is 13.1. The van der Waals surface area contributed by atoms with E-state index in [9.17, 15) is 24.3 Å². The summed E-state index contributed by atoms with van der Waals surface area (Å²) < 4.78 is 27.9. The SMILES string of the molecule is COC1CN(C(=O)CNC(=O)[C@H](N=C(N)N)C2CCCCC2)CCC1c1cc(-c2cccc(Cl)c2Cl)nn1C.COC1CN(C(=O)OC(C)(C)C)CCC1c1cc(-c2cccc(Cl)c2Cl)nn1C.Cn1nc(-c2cccc(Cl)c2Cl)cc1C1CCN(C(=O)OC(C)(C)C)CC1O. The first kappa shape index (κ1) is 75.4. The largest absolute Gasteiger partial charge is 0.444 e. The normalized spacial score (nSPS) is 20.5. The van der Waals surface area contributed by atoms with Crippen molar-refractivity contribution in [3.8, 4) is 33.8 Å². The number of carbonyl (C=O) groups excluding carboxylic acids is 4. The Bertz CT molecular complexity index is 3730. The first-order chi connectivity index (χ1) is 45.4. The van der Waals surface area contributed by atoms with E-state index in [1.807, 2.05) is 127 Å². The summed E-state index contributed by atoms with van der Waals surface area (Å²) in [5.74, 6) is -0.541. The van der Waals surface area contributed by atoms with Crippen molar-refractivity contribution < 1.29 is 43.2 Å². The van der Waals surface area contributed by atoms with Crippen LogP contribution in [0.1, 0.15) is 128 Å². The molecular weight excluding hydrogens is 1360 g/mol. The number of hydrogen-bond donors (Lipinski definition) is 4. The van der Waals surface area contributed by atoms with Gasteiger partial charge in [0.1, 0.15) is 17.2 Å². The molecule has 7 atom stereocenters. The number of aliphatic hydroxyl groups is 1. The molecule has 6 aromatic rings. The standard InChI is InChI=1S/C27H37Cl2N7O3.C21H27Cl2N3O3.C20H25Cl2N3O3/c1-35-21(13-20(34-35)17-9-6-10-19(28)24(17)29)18-11-12-36(15-22(18)39-2)23(37)14-32-26(38)25(33-27(30)31)16-7-4-3-5-8-16;1-21(2,3)29-20(27)26-10-9-14(18(12-26)28-5)17-11-16(24-25(17)4)13-7-6-8-15(22)19(13)23;1-20(2,3)28-19(27)25-9-8-13(17(26)11-25)16-10-15(23-24(16)4)12-6-5-7-14(21)18(12)22/h6,9-10,13,16,18,22,25H,3-5,7-8,11-12,14-15H2,1-2H3,(H,32,38)(H4,30,31,33);6-8,11,14,18H,9-10,12H2,1-5H3;5-7,10,13,17,26H,8-9,11H2,1-4H3/t18?,22?,25-;;/m1../s1. The minimum absolute atomic E-state index is 0.0235. The van der Waals surface area contributed by atoms with Crippen molar-refractivity contribution >= 4 is 99.6 Å². The molecule has 0 bridgehead atoms. The van der Waals surface area contributed by atoms with E-state index in [-0.39, 0.29) is 72.8 Å². The second-order valence-corrected chi connectivity index (χ2v) is 29.0. The highest BCUT2D eigenvalue weighted by atomic mass is 35.5. The minimum Gasteiger partial charge on any atom is -0.444 e. The summed E-state index contributed by atoms with van der Waals surface area (Å²) in [6.07, 6.45) is 5.25. The highest BCUT2D eigenvalue weighted by Gasteiger charge is 2.39. The molecule has 4 fully saturated rings. The molecule has 3 aliphatic heterocycles. The highest BCUT2D eigenvalue weighted by Crippen LogP contribution is 2.41. The van der Waals surface area contributed by atoms with E-state index in [4.69, 9.17) is 100 Å². The van der Waals surface area contributed by atoms with Crippen molar-refractivity contribution in [3.05, 3.63) is 120 Å². The molecule has 1 saturated carbocycles. The molecule has 0 spiro atoms. The lowest BCUT2D eigenvalue weighted by Gasteiger charge is -2.38. The van der Waals surface area contributed by atoms with Crippen LogP contribution in [0.25, 0.3) is 33.8 Å². The van der Waals surface area contributed by atoms with Crippen LogP contribution in [0, 0.1) is 5.92 Å². The summed E-state index contributed by atoms with van der Waals surface area (Å²) >= 11 is 37.6. The number of rotatable bonds is 13. The van der Waals surface area contributed by atoms with Gasteiger partial charge in [-0.2, -0.15) is 15.3 Å². The molecular formula is C68H89Cl6N13O9. The van der Waals surface area contributed by atoms with Crippen LogP contribution in [-0.2, 0) is 49.7 Å². The van der Waals surface area contributed by atoms with Gasteiger partial charge in [-0.1, -0.05) is 125 Å². The van der Waals surface area contributed by atoms with E-state index >= 15 is 0 Å². The van der Waals surface area contributed by atoms with Gasteiger partial charge in [-0.15, -0.1) is 0 Å². The molecule has 22 nitrogen and oxygen atoms in total. The highest BCUT2D eigenvalue weighted by molar-refractivity contribution is 6.44. The fraction of sp³-hybridized carbons (Fsp3) is 0.529. The average Bonchev–Trinajstić information content (AvgIpc) is 1.64. The summed E-state index contributed by atoms with van der Waals surface area (Å²) in [5, 5.41) is 30.2. The zero-order chi connectivity index (χ0) is 70.1. The Morgan fingerprint density at radius 3 is 1.33 bits per heavy atom. The number of guanidine groups is 1. The number of methoxy groups -OCH3 is 2. The second-order valence-electron chi connectivity index (χ2n) is 26.6. The number of likely N-dealkylation sites (tertiary alicyclic amines) is 3. The molecule has 3 aromatic heterocycles. The zero-order valence-corrected chi connectivity index (χ0v) is 60.8. The van der Waals surface area contributed by atoms with E-state index in [1.165, 1.54) is 0 Å². The van der Waals surface area contributed by atoms with Crippen LogP contribution in [0.4, 0.5) is 9.59 Å². The molecule has 1 aliphatic carbocycles. The smallest absolute Gasteiger partial charge is 0.410 e. The van der Waals surface area contributed by atoms with Crippen LogP contribution in [0.15, 0.2) is 77.8 Å². The van der Waals surface area contributed by atoms with Gasteiger partial charge in [-0.3, -0.25) is 23.6 Å². The number of β-amino-alcohol motifs (C(OH)–C–C–N with tert-alkyl or cyclic N) is 1. The number of carbonyl (C=O) groups is 4. The molecule has 4 aliphatic rings. The number of nitrogens with one attached hydrogen (secondary N) is 1. The number of halogens is 6. The first-order valence-electron chi connectivity index (χ1n) is 32.1. The van der Waals surface area contributed by atoms with E-state index in [0.717, 1.165) is 83.7 Å². The molecule has 10 rings (SSSR count). The van der Waals surface area contributed by atoms with Crippen LogP contribution in [0.5, 0.6) is 0 Å². The lowest BCUT2D eigenvalue weighted by atomic mass is 9.83. The lowest BCUT2D eigenvalue weighted by Crippen LogP contribution is -2.51. The fourth-order valence-electron chi connectivity index (χ4n) is 12.8. The maximum Gasteiger partial charge on any atom is 0.410 e. The number of benzene rings is 3. The van der Waals surface area contributed by atoms with Gasteiger partial charge in [-0.25, -0.2) is 14.6 Å². The predicted octanol–water partition coefficient (Wildman–Crippen LogP) is 12.7. The number of aliphatic imine (C=N–C) groups is 1. The third-order valence-corrected chi connectivity index (χ3v) is 20.1. The number of aliphatic hydroxyl groups excluding tert-OH is 1. The van der Waals surface area contributed by atoms with E-state index in [0.29, 0.717) is 81.4 Å². The Hall–Kier alpha value is -6.34.